The van der Waals surface area contributed by atoms with Crippen LogP contribution in [0.25, 0.3) is 6.08 Å². The van der Waals surface area contributed by atoms with Crippen molar-refractivity contribution >= 4 is 41.3 Å². The number of hydrogen-bond donors (Lipinski definition) is 1. The predicted molar refractivity (Wildman–Crippen MR) is 106 cm³/mol. The lowest BCUT2D eigenvalue weighted by atomic mass is 10.1. The van der Waals surface area contributed by atoms with Crippen molar-refractivity contribution in [1.82, 2.24) is 10.2 Å². The van der Waals surface area contributed by atoms with Gasteiger partial charge in [0.1, 0.15) is 17.5 Å². The molecule has 0 aliphatic carbocycles. The minimum atomic E-state index is -0.758. The van der Waals surface area contributed by atoms with E-state index >= 15 is 0 Å². The van der Waals surface area contributed by atoms with Gasteiger partial charge in [-0.3, -0.25) is 19.8 Å². The van der Waals surface area contributed by atoms with E-state index in [4.69, 9.17) is 26.0 Å². The van der Waals surface area contributed by atoms with E-state index in [0.29, 0.717) is 0 Å². The summed E-state index contributed by atoms with van der Waals surface area (Å²) in [6.07, 6.45) is 1.20. The van der Waals surface area contributed by atoms with Crippen LogP contribution in [0.15, 0.2) is 34.4 Å². The van der Waals surface area contributed by atoms with Crippen LogP contribution in [0, 0.1) is 21.4 Å². The Bertz CT molecular complexity index is 1200. The molecular formula is C19H13ClN4O8. The molecule has 0 saturated carbocycles. The van der Waals surface area contributed by atoms with Crippen LogP contribution in [0.3, 0.4) is 0 Å². The predicted octanol–water partition coefficient (Wildman–Crippen LogP) is 2.62. The summed E-state index contributed by atoms with van der Waals surface area (Å²) in [4.78, 5) is 47.8. The van der Waals surface area contributed by atoms with Crippen LogP contribution in [0.4, 0.5) is 10.5 Å². The minimum absolute atomic E-state index is 0.0917. The summed E-state index contributed by atoms with van der Waals surface area (Å²) in [7, 11) is 1.18. The number of nitriles is 1. The number of nitro benzene ring substituents is 1. The van der Waals surface area contributed by atoms with E-state index in [1.54, 1.807) is 6.07 Å². The fraction of sp³-hybridized carbons (Fsp3) is 0.158. The summed E-state index contributed by atoms with van der Waals surface area (Å²) in [6.45, 7) is -0.712. The zero-order valence-electron chi connectivity index (χ0n) is 16.3. The number of carbonyl (C=O) groups excluding carboxylic acids is 3. The molecule has 0 spiro atoms. The van der Waals surface area contributed by atoms with Gasteiger partial charge in [0.25, 0.3) is 5.91 Å². The molecule has 0 radical (unpaired) electrons. The van der Waals surface area contributed by atoms with Gasteiger partial charge in [-0.1, -0.05) is 11.6 Å². The van der Waals surface area contributed by atoms with Crippen LogP contribution in [-0.2, 0) is 16.1 Å². The number of urea groups is 1. The summed E-state index contributed by atoms with van der Waals surface area (Å²) < 4.78 is 14.8. The normalized spacial score (nSPS) is 14.3. The summed E-state index contributed by atoms with van der Waals surface area (Å²) in [6, 6.07) is 6.05. The zero-order valence-corrected chi connectivity index (χ0v) is 17.0. The van der Waals surface area contributed by atoms with Gasteiger partial charge in [0, 0.05) is 6.07 Å². The summed E-state index contributed by atoms with van der Waals surface area (Å²) in [5, 5.41) is 22.2. The molecule has 0 atom stereocenters. The molecule has 1 aromatic heterocycles. The molecule has 2 heterocycles. The fourth-order valence-electron chi connectivity index (χ4n) is 2.78. The van der Waals surface area contributed by atoms with Crippen LogP contribution in [-0.4, -0.2) is 41.4 Å². The molecule has 2 aromatic rings. The number of benzene rings is 1. The van der Waals surface area contributed by atoms with E-state index in [0.717, 1.165) is 11.0 Å². The van der Waals surface area contributed by atoms with Crippen molar-refractivity contribution < 1.29 is 33.2 Å². The van der Waals surface area contributed by atoms with Crippen molar-refractivity contribution in [3.63, 3.8) is 0 Å². The second kappa shape index (κ2) is 9.19. The van der Waals surface area contributed by atoms with Crippen molar-refractivity contribution in [3.8, 4) is 11.8 Å². The molecule has 13 heteroatoms. The Kier molecular flexibility index (Phi) is 6.41. The maximum absolute atomic E-state index is 12.6. The number of nitro groups is 1. The SMILES string of the molecule is COC(=O)c1ccc(CN2C(=O)NC(=Cc3cc(Cl)c(OCC#N)c([N+](=O)[O-])c3)C2=O)o1. The molecule has 1 saturated heterocycles. The average Bonchev–Trinajstić information content (AvgIpc) is 3.32. The largest absolute Gasteiger partial charge is 0.470 e. The van der Waals surface area contributed by atoms with Gasteiger partial charge in [0.2, 0.25) is 11.5 Å². The van der Waals surface area contributed by atoms with E-state index in [1.165, 1.54) is 31.4 Å². The zero-order chi connectivity index (χ0) is 23.4. The number of methoxy groups -OCH3 is 1. The Hall–Kier alpha value is -4.37. The van der Waals surface area contributed by atoms with Gasteiger partial charge in [0.05, 0.1) is 23.6 Å². The lowest BCUT2D eigenvalue weighted by Gasteiger charge is -2.09. The van der Waals surface area contributed by atoms with Crippen molar-refractivity contribution in [2.45, 2.75) is 6.54 Å². The maximum atomic E-state index is 12.6. The molecule has 0 unspecified atom stereocenters. The third-order valence-electron chi connectivity index (χ3n) is 4.16. The van der Waals surface area contributed by atoms with Crippen LogP contribution in [0.1, 0.15) is 21.9 Å². The smallest absolute Gasteiger partial charge is 0.373 e. The number of hydrogen-bond acceptors (Lipinski definition) is 9. The van der Waals surface area contributed by atoms with Gasteiger partial charge in [-0.15, -0.1) is 0 Å². The van der Waals surface area contributed by atoms with Crippen LogP contribution < -0.4 is 10.1 Å². The Balaban J connectivity index is 1.85. The average molecular weight is 461 g/mol. The molecule has 164 valence electrons. The van der Waals surface area contributed by atoms with Gasteiger partial charge >= 0.3 is 17.7 Å². The molecule has 1 aliphatic rings. The molecule has 1 aliphatic heterocycles. The van der Waals surface area contributed by atoms with Gasteiger partial charge in [-0.05, 0) is 29.8 Å². The first-order chi connectivity index (χ1) is 15.2. The number of carbonyl (C=O) groups is 3. The first kappa shape index (κ1) is 22.3. The van der Waals surface area contributed by atoms with Crippen molar-refractivity contribution in [2.75, 3.05) is 13.7 Å². The lowest BCUT2D eigenvalue weighted by Crippen LogP contribution is -2.30. The van der Waals surface area contributed by atoms with E-state index in [1.807, 2.05) is 0 Å². The molecule has 3 amide bonds. The Morgan fingerprint density at radius 1 is 1.41 bits per heavy atom. The quantitative estimate of drug-likeness (QED) is 0.215. The third-order valence-corrected chi connectivity index (χ3v) is 4.44. The number of rotatable bonds is 7. The third kappa shape index (κ3) is 4.52. The molecule has 0 bridgehead atoms. The highest BCUT2D eigenvalue weighted by molar-refractivity contribution is 6.32. The summed E-state index contributed by atoms with van der Waals surface area (Å²) in [5.41, 5.74) is -0.535. The topological polar surface area (TPSA) is 165 Å². The second-order valence-electron chi connectivity index (χ2n) is 6.19. The fourth-order valence-corrected chi connectivity index (χ4v) is 3.05. The van der Waals surface area contributed by atoms with Gasteiger partial charge in [-0.2, -0.15) is 5.26 Å². The maximum Gasteiger partial charge on any atom is 0.373 e. The lowest BCUT2D eigenvalue weighted by molar-refractivity contribution is -0.385. The number of ether oxygens (including phenoxy) is 2. The number of esters is 1. The number of halogens is 1. The van der Waals surface area contributed by atoms with Gasteiger partial charge in [0.15, 0.2) is 6.61 Å². The Morgan fingerprint density at radius 2 is 2.16 bits per heavy atom. The minimum Gasteiger partial charge on any atom is -0.470 e. The number of nitrogens with zero attached hydrogens (tertiary/aromatic N) is 3. The number of furan rings is 1. The van der Waals surface area contributed by atoms with Crippen LogP contribution >= 0.6 is 11.6 Å². The number of nitrogens with one attached hydrogen (secondary N) is 1. The van der Waals surface area contributed by atoms with E-state index in [-0.39, 0.29) is 40.1 Å². The van der Waals surface area contributed by atoms with Gasteiger partial charge < -0.3 is 19.2 Å². The molecule has 1 N–H and O–H groups in total. The number of amides is 3. The number of imide groups is 1. The summed E-state index contributed by atoms with van der Waals surface area (Å²) in [5.74, 6) is -1.66. The first-order valence-electron chi connectivity index (χ1n) is 8.74. The van der Waals surface area contributed by atoms with Crippen molar-refractivity contribution in [3.05, 3.63) is 62.2 Å². The van der Waals surface area contributed by atoms with E-state index in [9.17, 15) is 24.5 Å². The van der Waals surface area contributed by atoms with Crippen molar-refractivity contribution in [1.29, 1.82) is 5.26 Å². The summed E-state index contributed by atoms with van der Waals surface area (Å²) >= 11 is 6.04. The molecular weight excluding hydrogens is 448 g/mol. The first-order valence-corrected chi connectivity index (χ1v) is 9.12. The van der Waals surface area contributed by atoms with E-state index < -0.39 is 35.1 Å². The molecule has 1 aromatic carbocycles. The molecule has 3 rings (SSSR count). The highest BCUT2D eigenvalue weighted by Crippen LogP contribution is 2.37. The monoisotopic (exact) mass is 460 g/mol. The molecule has 32 heavy (non-hydrogen) atoms. The molecule has 1 fully saturated rings. The van der Waals surface area contributed by atoms with Crippen molar-refractivity contribution in [2.24, 2.45) is 0 Å². The van der Waals surface area contributed by atoms with Crippen LogP contribution in [0.2, 0.25) is 5.02 Å². The van der Waals surface area contributed by atoms with E-state index in [2.05, 4.69) is 10.1 Å². The highest BCUT2D eigenvalue weighted by Gasteiger charge is 2.34. The van der Waals surface area contributed by atoms with Gasteiger partial charge in [-0.25, -0.2) is 9.59 Å². The second-order valence-corrected chi connectivity index (χ2v) is 6.60. The Labute approximate surface area is 184 Å². The van der Waals surface area contributed by atoms with Crippen LogP contribution in [0.5, 0.6) is 5.75 Å². The highest BCUT2D eigenvalue weighted by atomic mass is 35.5. The molecule has 12 nitrogen and oxygen atoms in total. The Morgan fingerprint density at radius 3 is 2.81 bits per heavy atom. The standard InChI is InChI=1S/C19H13ClN4O8/c1-30-18(26)15-3-2-11(32-15)9-23-17(25)13(22-19(23)27)7-10-6-12(20)16(31-5-4-21)14(8-10)24(28)29/h2-3,6-8H,5,9H2,1H3,(H,22,27).